The van der Waals surface area contributed by atoms with Crippen LogP contribution in [0.15, 0.2) is 0 Å². The molecule has 22 heavy (non-hydrogen) atoms. The molecule has 2 amide bonds. The molecule has 2 unspecified atom stereocenters. The van der Waals surface area contributed by atoms with Crippen molar-refractivity contribution in [1.29, 1.82) is 0 Å². The highest BCUT2D eigenvalue weighted by Gasteiger charge is 2.38. The van der Waals surface area contributed by atoms with Crippen molar-refractivity contribution in [3.8, 4) is 0 Å². The van der Waals surface area contributed by atoms with Crippen molar-refractivity contribution in [2.75, 3.05) is 26.4 Å². The third kappa shape index (κ3) is 5.43. The van der Waals surface area contributed by atoms with Gasteiger partial charge in [0.05, 0.1) is 26.4 Å². The van der Waals surface area contributed by atoms with Gasteiger partial charge in [0.15, 0.2) is 23.7 Å². The molecule has 2 atom stereocenters. The number of rotatable bonds is 9. The highest BCUT2D eigenvalue weighted by molar-refractivity contribution is 5.91. The zero-order valence-electron chi connectivity index (χ0n) is 11.4. The molecule has 0 aliphatic heterocycles. The van der Waals surface area contributed by atoms with Crippen LogP contribution in [-0.2, 0) is 9.59 Å². The summed E-state index contributed by atoms with van der Waals surface area (Å²) in [4.78, 5) is 23.0. The molecule has 0 aromatic heterocycles. The van der Waals surface area contributed by atoms with Gasteiger partial charge in [-0.2, -0.15) is 0 Å². The number of nitrogens with one attached hydrogen (secondary N) is 2. The minimum atomic E-state index is -2.48. The predicted octanol–water partition coefficient (Wildman–Crippen LogP) is -6.71. The molecule has 0 aromatic rings. The number of aliphatic hydroxyl groups is 8. The standard InChI is InChI=1S/C10H20N2O10/c13-1-9(21,2-14)11-7(19)5(17)6(18)8(20)12-10(22,3-15)4-16/h5-6,13-18,21-22H,1-4H2,(H,11,19)(H,12,20). The van der Waals surface area contributed by atoms with E-state index in [0.29, 0.717) is 0 Å². The Morgan fingerprint density at radius 1 is 0.727 bits per heavy atom. The van der Waals surface area contributed by atoms with E-state index in [0.717, 1.165) is 0 Å². The van der Waals surface area contributed by atoms with E-state index in [1.54, 1.807) is 10.6 Å². The lowest BCUT2D eigenvalue weighted by Crippen LogP contribution is -2.62. The van der Waals surface area contributed by atoms with E-state index in [9.17, 15) is 30.0 Å². The first kappa shape index (κ1) is 20.6. The fourth-order valence-corrected chi connectivity index (χ4v) is 1.15. The van der Waals surface area contributed by atoms with Gasteiger partial charge in [0.2, 0.25) is 0 Å². The molecule has 0 heterocycles. The van der Waals surface area contributed by atoms with Crippen molar-refractivity contribution in [3.63, 3.8) is 0 Å². The van der Waals surface area contributed by atoms with Crippen LogP contribution in [0, 0.1) is 0 Å². The summed E-state index contributed by atoms with van der Waals surface area (Å²) >= 11 is 0. The summed E-state index contributed by atoms with van der Waals surface area (Å²) < 4.78 is 0. The Morgan fingerprint density at radius 3 is 1.14 bits per heavy atom. The Labute approximate surface area is 124 Å². The third-order valence-corrected chi connectivity index (χ3v) is 2.59. The van der Waals surface area contributed by atoms with Crippen LogP contribution < -0.4 is 10.6 Å². The highest BCUT2D eigenvalue weighted by Crippen LogP contribution is 2.03. The van der Waals surface area contributed by atoms with Gasteiger partial charge in [0.1, 0.15) is 0 Å². The van der Waals surface area contributed by atoms with Gasteiger partial charge in [-0.15, -0.1) is 0 Å². The van der Waals surface area contributed by atoms with Gasteiger partial charge < -0.3 is 51.5 Å². The minimum absolute atomic E-state index is 1.11. The van der Waals surface area contributed by atoms with Crippen molar-refractivity contribution in [2.24, 2.45) is 0 Å². The summed E-state index contributed by atoms with van der Waals surface area (Å²) in [5.74, 6) is -3.02. The molecule has 0 spiro atoms. The fraction of sp³-hybridized carbons (Fsp3) is 0.800. The molecule has 0 saturated carbocycles. The van der Waals surface area contributed by atoms with E-state index in [-0.39, 0.29) is 0 Å². The van der Waals surface area contributed by atoms with Crippen molar-refractivity contribution >= 4 is 11.8 Å². The molecule has 12 nitrogen and oxygen atoms in total. The second-order valence-corrected chi connectivity index (χ2v) is 4.56. The average Bonchev–Trinajstić information content (AvgIpc) is 2.52. The Bertz CT molecular complexity index is 346. The van der Waals surface area contributed by atoms with Gasteiger partial charge in [-0.1, -0.05) is 0 Å². The number of carbonyl (C=O) groups is 2. The van der Waals surface area contributed by atoms with Gasteiger partial charge in [0, 0.05) is 0 Å². The normalized spacial score (nSPS) is 15.1. The van der Waals surface area contributed by atoms with Gasteiger partial charge in [-0.05, 0) is 0 Å². The molecule has 130 valence electrons. The van der Waals surface area contributed by atoms with Crippen molar-refractivity contribution in [3.05, 3.63) is 0 Å². The van der Waals surface area contributed by atoms with E-state index >= 15 is 0 Å². The average molecular weight is 328 g/mol. The van der Waals surface area contributed by atoms with Gasteiger partial charge >= 0.3 is 0 Å². The fourth-order valence-electron chi connectivity index (χ4n) is 1.15. The van der Waals surface area contributed by atoms with Crippen LogP contribution in [0.4, 0.5) is 0 Å². The lowest BCUT2D eigenvalue weighted by Gasteiger charge is -2.29. The summed E-state index contributed by atoms with van der Waals surface area (Å²) in [7, 11) is 0. The van der Waals surface area contributed by atoms with Crippen LogP contribution in [0.5, 0.6) is 0 Å². The molecule has 10 N–H and O–H groups in total. The maximum atomic E-state index is 11.5. The first-order chi connectivity index (χ1) is 10.1. The molecule has 0 radical (unpaired) electrons. The summed E-state index contributed by atoms with van der Waals surface area (Å²) in [6, 6.07) is 0. The first-order valence-electron chi connectivity index (χ1n) is 5.96. The Balaban J connectivity index is 4.81. The summed E-state index contributed by atoms with van der Waals surface area (Å²) in [5.41, 5.74) is -4.96. The smallest absolute Gasteiger partial charge is 0.254 e. The zero-order chi connectivity index (χ0) is 17.6. The summed E-state index contributed by atoms with van der Waals surface area (Å²) in [6.45, 7) is -4.45. The van der Waals surface area contributed by atoms with E-state index in [4.69, 9.17) is 20.4 Å². The van der Waals surface area contributed by atoms with Gasteiger partial charge in [0.25, 0.3) is 11.8 Å². The van der Waals surface area contributed by atoms with Crippen LogP contribution in [0.2, 0.25) is 0 Å². The molecular weight excluding hydrogens is 308 g/mol. The molecule has 12 heteroatoms. The molecular formula is C10H20N2O10. The lowest BCUT2D eigenvalue weighted by atomic mass is 10.1. The monoisotopic (exact) mass is 328 g/mol. The van der Waals surface area contributed by atoms with Crippen molar-refractivity contribution < 1.29 is 50.4 Å². The van der Waals surface area contributed by atoms with Crippen LogP contribution in [0.3, 0.4) is 0 Å². The topological polar surface area (TPSA) is 220 Å². The van der Waals surface area contributed by atoms with Crippen molar-refractivity contribution in [2.45, 2.75) is 23.7 Å². The molecule has 0 aliphatic rings. The number of hydrogen-bond donors (Lipinski definition) is 10. The highest BCUT2D eigenvalue weighted by atomic mass is 16.4. The molecule has 0 bridgehead atoms. The predicted molar refractivity (Wildman–Crippen MR) is 66.5 cm³/mol. The van der Waals surface area contributed by atoms with Crippen LogP contribution in [-0.4, -0.2) is 103 Å². The Kier molecular flexibility index (Phi) is 7.78. The molecule has 0 aliphatic carbocycles. The quantitative estimate of drug-likeness (QED) is 0.180. The third-order valence-electron chi connectivity index (χ3n) is 2.59. The van der Waals surface area contributed by atoms with Crippen molar-refractivity contribution in [1.82, 2.24) is 10.6 Å². The number of hydrogen-bond acceptors (Lipinski definition) is 10. The maximum Gasteiger partial charge on any atom is 0.254 e. The number of aliphatic hydroxyl groups excluding tert-OH is 6. The largest absolute Gasteiger partial charge is 0.391 e. The molecule has 0 saturated heterocycles. The van der Waals surface area contributed by atoms with E-state index < -0.39 is 61.9 Å². The van der Waals surface area contributed by atoms with E-state index in [1.807, 2.05) is 0 Å². The molecule has 0 aromatic carbocycles. The summed E-state index contributed by atoms with van der Waals surface area (Å²) in [5, 5.41) is 75.8. The van der Waals surface area contributed by atoms with Crippen LogP contribution in [0.1, 0.15) is 0 Å². The summed E-state index contributed by atoms with van der Waals surface area (Å²) in [6.07, 6.45) is -4.88. The van der Waals surface area contributed by atoms with E-state index in [1.165, 1.54) is 0 Å². The SMILES string of the molecule is O=C(NC(O)(CO)CO)C(O)C(O)C(=O)NC(O)(CO)CO. The zero-order valence-corrected chi connectivity index (χ0v) is 11.4. The molecule has 0 fully saturated rings. The van der Waals surface area contributed by atoms with Gasteiger partial charge in [-0.25, -0.2) is 0 Å². The first-order valence-corrected chi connectivity index (χ1v) is 5.96. The van der Waals surface area contributed by atoms with Crippen LogP contribution >= 0.6 is 0 Å². The number of amides is 2. The second-order valence-electron chi connectivity index (χ2n) is 4.56. The second kappa shape index (κ2) is 8.30. The lowest BCUT2D eigenvalue weighted by molar-refractivity contribution is -0.160. The molecule has 0 rings (SSSR count). The Hall–Kier alpha value is -1.38. The number of carbonyl (C=O) groups excluding carboxylic acids is 2. The minimum Gasteiger partial charge on any atom is -0.391 e. The Morgan fingerprint density at radius 2 is 0.955 bits per heavy atom. The van der Waals surface area contributed by atoms with Gasteiger partial charge in [-0.3, -0.25) is 9.59 Å². The maximum absolute atomic E-state index is 11.5. The van der Waals surface area contributed by atoms with Crippen LogP contribution in [0.25, 0.3) is 0 Å². The van der Waals surface area contributed by atoms with E-state index in [2.05, 4.69) is 0 Å².